The van der Waals surface area contributed by atoms with Gasteiger partial charge in [0, 0.05) is 0 Å². The number of ether oxygens (including phenoxy) is 2. The van der Waals surface area contributed by atoms with Crippen molar-refractivity contribution in [3.05, 3.63) is 59.7 Å². The molecule has 2 aromatic carbocycles. The van der Waals surface area contributed by atoms with E-state index >= 15 is 0 Å². The normalized spacial score (nSPS) is 10.0. The molecule has 0 unspecified atom stereocenters. The van der Waals surface area contributed by atoms with E-state index in [2.05, 4.69) is 5.43 Å². The molecule has 0 saturated heterocycles. The highest BCUT2D eigenvalue weighted by Crippen LogP contribution is 2.26. The first-order valence-electron chi connectivity index (χ1n) is 7.40. The summed E-state index contributed by atoms with van der Waals surface area (Å²) in [6.45, 7) is 1.84. The van der Waals surface area contributed by atoms with Gasteiger partial charge in [-0.3, -0.25) is 20.4 Å². The molecule has 0 aromatic heterocycles. The van der Waals surface area contributed by atoms with Crippen molar-refractivity contribution >= 4 is 11.8 Å². The lowest BCUT2D eigenvalue weighted by Crippen LogP contribution is -2.44. The lowest BCUT2D eigenvalue weighted by Gasteiger charge is -2.12. The van der Waals surface area contributed by atoms with E-state index in [0.29, 0.717) is 18.1 Å². The molecule has 0 aliphatic heterocycles. The van der Waals surface area contributed by atoms with Gasteiger partial charge in [0.05, 0.1) is 12.2 Å². The summed E-state index contributed by atoms with van der Waals surface area (Å²) in [5.74, 6) is -2.51. The van der Waals surface area contributed by atoms with E-state index in [0.717, 1.165) is 18.2 Å². The maximum absolute atomic E-state index is 13.5. The molecule has 0 bridgehead atoms. The van der Waals surface area contributed by atoms with Gasteiger partial charge >= 0.3 is 0 Å². The first-order valence-corrected chi connectivity index (χ1v) is 7.40. The maximum atomic E-state index is 13.5. The summed E-state index contributed by atoms with van der Waals surface area (Å²) in [4.78, 5) is 23.5. The van der Waals surface area contributed by atoms with Crippen LogP contribution in [0.1, 0.15) is 17.3 Å². The summed E-state index contributed by atoms with van der Waals surface area (Å²) in [6, 6.07) is 9.21. The molecular formula is C17H16F2N2O4. The Bertz CT molecular complexity index is 768. The van der Waals surface area contributed by atoms with Crippen LogP contribution >= 0.6 is 0 Å². The Kier molecular flexibility index (Phi) is 6.27. The van der Waals surface area contributed by atoms with Gasteiger partial charge in [0.25, 0.3) is 11.8 Å². The van der Waals surface area contributed by atoms with E-state index in [1.54, 1.807) is 24.3 Å². The lowest BCUT2D eigenvalue weighted by atomic mass is 10.2. The van der Waals surface area contributed by atoms with Crippen LogP contribution in [0.5, 0.6) is 11.5 Å². The Morgan fingerprint density at radius 2 is 1.68 bits per heavy atom. The molecule has 2 aromatic rings. The molecule has 0 fully saturated rings. The first-order chi connectivity index (χ1) is 12.0. The molecule has 0 aliphatic carbocycles. The summed E-state index contributed by atoms with van der Waals surface area (Å²) in [5.41, 5.74) is 3.52. The fourth-order valence-electron chi connectivity index (χ4n) is 1.89. The summed E-state index contributed by atoms with van der Waals surface area (Å²) in [5, 5.41) is 0. The highest BCUT2D eigenvalue weighted by Gasteiger charge is 2.14. The molecule has 2 rings (SSSR count). The zero-order valence-electron chi connectivity index (χ0n) is 13.3. The molecule has 6 nitrogen and oxygen atoms in total. The molecule has 132 valence electrons. The van der Waals surface area contributed by atoms with Gasteiger partial charge in [-0.05, 0) is 37.3 Å². The quantitative estimate of drug-likeness (QED) is 0.783. The van der Waals surface area contributed by atoms with Crippen LogP contribution < -0.4 is 20.3 Å². The largest absolute Gasteiger partial charge is 0.490 e. The topological polar surface area (TPSA) is 76.7 Å². The van der Waals surface area contributed by atoms with Crippen LogP contribution in [0.15, 0.2) is 42.5 Å². The number of benzene rings is 2. The van der Waals surface area contributed by atoms with Crippen molar-refractivity contribution in [2.45, 2.75) is 6.92 Å². The molecule has 2 amide bonds. The van der Waals surface area contributed by atoms with Crippen LogP contribution in [-0.4, -0.2) is 25.0 Å². The van der Waals surface area contributed by atoms with Gasteiger partial charge in [-0.25, -0.2) is 8.78 Å². The number of nitrogens with one attached hydrogen (secondary N) is 2. The van der Waals surface area contributed by atoms with E-state index in [4.69, 9.17) is 9.47 Å². The molecule has 2 N–H and O–H groups in total. The number of amides is 2. The Hall–Kier alpha value is -3.16. The van der Waals surface area contributed by atoms with E-state index in [1.807, 2.05) is 12.3 Å². The van der Waals surface area contributed by atoms with Crippen molar-refractivity contribution in [2.75, 3.05) is 13.2 Å². The van der Waals surface area contributed by atoms with Crippen LogP contribution in [0.2, 0.25) is 0 Å². The van der Waals surface area contributed by atoms with Gasteiger partial charge in [0.15, 0.2) is 18.1 Å². The number of halogens is 2. The second kappa shape index (κ2) is 8.62. The molecule has 0 spiro atoms. The minimum atomic E-state index is -0.986. The fraction of sp³-hybridized carbons (Fsp3) is 0.176. The second-order valence-electron chi connectivity index (χ2n) is 4.79. The van der Waals surface area contributed by atoms with Crippen molar-refractivity contribution in [3.63, 3.8) is 0 Å². The third kappa shape index (κ3) is 5.17. The Balaban J connectivity index is 1.87. The number of rotatable bonds is 6. The van der Waals surface area contributed by atoms with E-state index in [1.165, 1.54) is 0 Å². The number of carbonyl (C=O) groups is 2. The van der Waals surface area contributed by atoms with E-state index < -0.39 is 35.6 Å². The lowest BCUT2D eigenvalue weighted by molar-refractivity contribution is -0.123. The first kappa shape index (κ1) is 18.2. The van der Waals surface area contributed by atoms with Gasteiger partial charge in [0.1, 0.15) is 11.6 Å². The molecule has 0 radical (unpaired) electrons. The molecule has 25 heavy (non-hydrogen) atoms. The SMILES string of the molecule is CCOc1ccccc1OCC(=O)NNC(=O)c1cc(F)ccc1F. The van der Waals surface area contributed by atoms with Crippen LogP contribution in [0.4, 0.5) is 8.78 Å². The number of hydrogen-bond donors (Lipinski definition) is 2. The maximum Gasteiger partial charge on any atom is 0.276 e. The number of hydrazine groups is 1. The summed E-state index contributed by atoms with van der Waals surface area (Å²) < 4.78 is 37.2. The van der Waals surface area contributed by atoms with Gasteiger partial charge in [-0.15, -0.1) is 0 Å². The summed E-state index contributed by atoms with van der Waals surface area (Å²) in [7, 11) is 0. The van der Waals surface area contributed by atoms with Gasteiger partial charge < -0.3 is 9.47 Å². The number of hydrogen-bond acceptors (Lipinski definition) is 4. The Labute approximate surface area is 142 Å². The minimum Gasteiger partial charge on any atom is -0.490 e. The van der Waals surface area contributed by atoms with Crippen LogP contribution in [0.25, 0.3) is 0 Å². The predicted molar refractivity (Wildman–Crippen MR) is 85.1 cm³/mol. The van der Waals surface area contributed by atoms with Crippen molar-refractivity contribution in [1.29, 1.82) is 0 Å². The third-order valence-electron chi connectivity index (χ3n) is 3.00. The van der Waals surface area contributed by atoms with Crippen LogP contribution in [0.3, 0.4) is 0 Å². The Morgan fingerprint density at radius 3 is 2.36 bits per heavy atom. The highest BCUT2D eigenvalue weighted by atomic mass is 19.1. The Morgan fingerprint density at radius 1 is 1.00 bits per heavy atom. The standard InChI is InChI=1S/C17H16F2N2O4/c1-2-24-14-5-3-4-6-15(14)25-10-16(22)20-21-17(23)12-9-11(18)7-8-13(12)19/h3-9H,2,10H2,1H3,(H,20,22)(H,21,23). The van der Waals surface area contributed by atoms with Crippen LogP contribution in [0, 0.1) is 11.6 Å². The van der Waals surface area contributed by atoms with Gasteiger partial charge in [0.2, 0.25) is 0 Å². The van der Waals surface area contributed by atoms with Gasteiger partial charge in [-0.1, -0.05) is 12.1 Å². The zero-order chi connectivity index (χ0) is 18.2. The zero-order valence-corrected chi connectivity index (χ0v) is 13.3. The van der Waals surface area contributed by atoms with E-state index in [-0.39, 0.29) is 0 Å². The van der Waals surface area contributed by atoms with Crippen LogP contribution in [-0.2, 0) is 4.79 Å². The van der Waals surface area contributed by atoms with E-state index in [9.17, 15) is 18.4 Å². The highest BCUT2D eigenvalue weighted by molar-refractivity contribution is 5.95. The predicted octanol–water partition coefficient (Wildman–Crippen LogP) is 2.20. The third-order valence-corrected chi connectivity index (χ3v) is 3.00. The molecule has 0 saturated carbocycles. The fourth-order valence-corrected chi connectivity index (χ4v) is 1.89. The van der Waals surface area contributed by atoms with Crippen molar-refractivity contribution in [3.8, 4) is 11.5 Å². The molecule has 0 heterocycles. The average molecular weight is 350 g/mol. The van der Waals surface area contributed by atoms with Crippen molar-refractivity contribution < 1.29 is 27.8 Å². The molecular weight excluding hydrogens is 334 g/mol. The monoisotopic (exact) mass is 350 g/mol. The summed E-state index contributed by atoms with van der Waals surface area (Å²) >= 11 is 0. The van der Waals surface area contributed by atoms with Crippen molar-refractivity contribution in [2.24, 2.45) is 0 Å². The summed E-state index contributed by atoms with van der Waals surface area (Å²) in [6.07, 6.45) is 0. The smallest absolute Gasteiger partial charge is 0.276 e. The molecule has 0 atom stereocenters. The average Bonchev–Trinajstić information content (AvgIpc) is 2.61. The minimum absolute atomic E-state index is 0.363. The molecule has 0 aliphatic rings. The van der Waals surface area contributed by atoms with Crippen molar-refractivity contribution in [1.82, 2.24) is 10.9 Å². The second-order valence-corrected chi connectivity index (χ2v) is 4.79. The number of para-hydroxylation sites is 2. The van der Waals surface area contributed by atoms with Gasteiger partial charge in [-0.2, -0.15) is 0 Å². The molecule has 8 heteroatoms. The number of carbonyl (C=O) groups excluding carboxylic acids is 2.